The Bertz CT molecular complexity index is 570. The SMILES string of the molecule is N#CCCCC[C@@H](NC(=O)c1ccc(F)c(F)c1)C(N)=O. The number of rotatable bonds is 7. The summed E-state index contributed by atoms with van der Waals surface area (Å²) in [4.78, 5) is 23.1. The van der Waals surface area contributed by atoms with Gasteiger partial charge in [0.1, 0.15) is 6.04 Å². The van der Waals surface area contributed by atoms with Crippen molar-refractivity contribution in [1.82, 2.24) is 5.32 Å². The van der Waals surface area contributed by atoms with Crippen LogP contribution in [0.1, 0.15) is 36.0 Å². The molecule has 1 aromatic carbocycles. The van der Waals surface area contributed by atoms with Crippen molar-refractivity contribution >= 4 is 11.8 Å². The van der Waals surface area contributed by atoms with Gasteiger partial charge in [-0.1, -0.05) is 0 Å². The molecule has 3 N–H and O–H groups in total. The predicted molar refractivity (Wildman–Crippen MR) is 70.9 cm³/mol. The van der Waals surface area contributed by atoms with E-state index in [9.17, 15) is 18.4 Å². The van der Waals surface area contributed by atoms with Gasteiger partial charge in [0.2, 0.25) is 5.91 Å². The number of nitrogens with zero attached hydrogens (tertiary/aromatic N) is 1. The Kier molecular flexibility index (Phi) is 6.27. The fraction of sp³-hybridized carbons (Fsp3) is 0.357. The zero-order chi connectivity index (χ0) is 15.8. The fourth-order valence-electron chi connectivity index (χ4n) is 1.72. The number of hydrogen-bond acceptors (Lipinski definition) is 3. The lowest BCUT2D eigenvalue weighted by molar-refractivity contribution is -0.120. The summed E-state index contributed by atoms with van der Waals surface area (Å²) in [6, 6.07) is 3.75. The van der Waals surface area contributed by atoms with Crippen molar-refractivity contribution in [2.45, 2.75) is 31.7 Å². The van der Waals surface area contributed by atoms with Gasteiger partial charge in [0.15, 0.2) is 11.6 Å². The van der Waals surface area contributed by atoms with Crippen molar-refractivity contribution < 1.29 is 18.4 Å². The van der Waals surface area contributed by atoms with Crippen LogP contribution in [0.25, 0.3) is 0 Å². The molecule has 0 fully saturated rings. The number of halogens is 2. The third kappa shape index (κ3) is 5.18. The van der Waals surface area contributed by atoms with Crippen LogP contribution in [0.2, 0.25) is 0 Å². The highest BCUT2D eigenvalue weighted by atomic mass is 19.2. The van der Waals surface area contributed by atoms with Gasteiger partial charge in [-0.15, -0.1) is 0 Å². The van der Waals surface area contributed by atoms with Gasteiger partial charge >= 0.3 is 0 Å². The van der Waals surface area contributed by atoms with Crippen molar-refractivity contribution in [3.63, 3.8) is 0 Å². The number of primary amides is 1. The normalized spacial score (nSPS) is 11.5. The van der Waals surface area contributed by atoms with E-state index in [1.54, 1.807) is 0 Å². The molecule has 0 radical (unpaired) electrons. The van der Waals surface area contributed by atoms with E-state index >= 15 is 0 Å². The third-order valence-electron chi connectivity index (χ3n) is 2.86. The molecular formula is C14H15F2N3O2. The Morgan fingerprint density at radius 1 is 1.29 bits per heavy atom. The predicted octanol–water partition coefficient (Wildman–Crippen LogP) is 1.63. The molecule has 7 heteroatoms. The molecule has 112 valence electrons. The quantitative estimate of drug-likeness (QED) is 0.748. The molecule has 0 spiro atoms. The molecule has 0 saturated heterocycles. The summed E-state index contributed by atoms with van der Waals surface area (Å²) in [6.45, 7) is 0. The zero-order valence-electron chi connectivity index (χ0n) is 11.2. The second-order valence-electron chi connectivity index (χ2n) is 4.46. The van der Waals surface area contributed by atoms with Gasteiger partial charge in [0.25, 0.3) is 5.91 Å². The molecule has 0 saturated carbocycles. The molecule has 21 heavy (non-hydrogen) atoms. The summed E-state index contributed by atoms with van der Waals surface area (Å²) in [5.41, 5.74) is 5.08. The number of benzene rings is 1. The summed E-state index contributed by atoms with van der Waals surface area (Å²) in [6.07, 6.45) is 1.76. The van der Waals surface area contributed by atoms with Crippen LogP contribution in [-0.2, 0) is 4.79 Å². The van der Waals surface area contributed by atoms with Crippen LogP contribution in [0.3, 0.4) is 0 Å². The Balaban J connectivity index is 2.65. The van der Waals surface area contributed by atoms with Gasteiger partial charge in [0.05, 0.1) is 6.07 Å². The van der Waals surface area contributed by atoms with Crippen LogP contribution in [0.4, 0.5) is 8.78 Å². The molecule has 0 bridgehead atoms. The average molecular weight is 295 g/mol. The molecule has 1 aromatic rings. The van der Waals surface area contributed by atoms with E-state index in [-0.39, 0.29) is 12.0 Å². The largest absolute Gasteiger partial charge is 0.368 e. The van der Waals surface area contributed by atoms with Gasteiger partial charge in [-0.3, -0.25) is 9.59 Å². The Labute approximate surface area is 120 Å². The molecule has 2 amide bonds. The first-order chi connectivity index (χ1) is 9.95. The monoisotopic (exact) mass is 295 g/mol. The lowest BCUT2D eigenvalue weighted by Gasteiger charge is -2.15. The second kappa shape index (κ2) is 7.94. The van der Waals surface area contributed by atoms with Gasteiger partial charge in [-0.05, 0) is 37.5 Å². The molecule has 5 nitrogen and oxygen atoms in total. The number of carbonyl (C=O) groups excluding carboxylic acids is 2. The lowest BCUT2D eigenvalue weighted by Crippen LogP contribution is -2.44. The minimum atomic E-state index is -1.15. The number of carbonyl (C=O) groups is 2. The van der Waals surface area contributed by atoms with Crippen LogP contribution in [-0.4, -0.2) is 17.9 Å². The van der Waals surface area contributed by atoms with Crippen LogP contribution >= 0.6 is 0 Å². The van der Waals surface area contributed by atoms with Crippen LogP contribution < -0.4 is 11.1 Å². The van der Waals surface area contributed by atoms with E-state index < -0.39 is 29.5 Å². The van der Waals surface area contributed by atoms with E-state index in [2.05, 4.69) is 5.32 Å². The lowest BCUT2D eigenvalue weighted by atomic mass is 10.1. The average Bonchev–Trinajstić information content (AvgIpc) is 2.44. The van der Waals surface area contributed by atoms with Crippen LogP contribution in [0.5, 0.6) is 0 Å². The van der Waals surface area contributed by atoms with Gasteiger partial charge in [-0.2, -0.15) is 5.26 Å². The second-order valence-corrected chi connectivity index (χ2v) is 4.46. The molecule has 0 aliphatic carbocycles. The highest BCUT2D eigenvalue weighted by Gasteiger charge is 2.19. The molecule has 0 aliphatic heterocycles. The fourth-order valence-corrected chi connectivity index (χ4v) is 1.72. The topological polar surface area (TPSA) is 96.0 Å². The molecule has 0 aromatic heterocycles. The first-order valence-corrected chi connectivity index (χ1v) is 6.38. The molecule has 1 rings (SSSR count). The highest BCUT2D eigenvalue weighted by molar-refractivity contribution is 5.97. The molecule has 1 atom stereocenters. The third-order valence-corrected chi connectivity index (χ3v) is 2.86. The Hall–Kier alpha value is -2.49. The number of nitrogens with one attached hydrogen (secondary N) is 1. The highest BCUT2D eigenvalue weighted by Crippen LogP contribution is 2.10. The summed E-state index contributed by atoms with van der Waals surface area (Å²) >= 11 is 0. The van der Waals surface area contributed by atoms with E-state index in [0.29, 0.717) is 19.3 Å². The van der Waals surface area contributed by atoms with Gasteiger partial charge in [0, 0.05) is 12.0 Å². The summed E-state index contributed by atoms with van der Waals surface area (Å²) in [5.74, 6) is -3.64. The Morgan fingerprint density at radius 2 is 2.00 bits per heavy atom. The minimum Gasteiger partial charge on any atom is -0.368 e. The maximum absolute atomic E-state index is 13.0. The molecule has 0 aliphatic rings. The first-order valence-electron chi connectivity index (χ1n) is 6.38. The van der Waals surface area contributed by atoms with Gasteiger partial charge in [-0.25, -0.2) is 8.78 Å². The number of amides is 2. The van der Waals surface area contributed by atoms with Crippen molar-refractivity contribution in [3.8, 4) is 6.07 Å². The molecular weight excluding hydrogens is 280 g/mol. The van der Waals surface area contributed by atoms with E-state index in [1.165, 1.54) is 0 Å². The summed E-state index contributed by atoms with van der Waals surface area (Å²) < 4.78 is 25.8. The van der Waals surface area contributed by atoms with E-state index in [0.717, 1.165) is 18.2 Å². The van der Waals surface area contributed by atoms with E-state index in [1.807, 2.05) is 6.07 Å². The standard InChI is InChI=1S/C14H15F2N3O2/c15-10-6-5-9(8-11(10)16)14(21)19-12(13(18)20)4-2-1-3-7-17/h5-6,8,12H,1-4H2,(H2,18,20)(H,19,21)/t12-/m1/s1. The van der Waals surface area contributed by atoms with E-state index in [4.69, 9.17) is 11.0 Å². The summed E-state index contributed by atoms with van der Waals surface area (Å²) in [7, 11) is 0. The van der Waals surface area contributed by atoms with Crippen molar-refractivity contribution in [2.24, 2.45) is 5.73 Å². The number of unbranched alkanes of at least 4 members (excludes halogenated alkanes) is 2. The van der Waals surface area contributed by atoms with Crippen molar-refractivity contribution in [3.05, 3.63) is 35.4 Å². The van der Waals surface area contributed by atoms with Crippen LogP contribution in [0.15, 0.2) is 18.2 Å². The molecule has 0 unspecified atom stereocenters. The molecule has 0 heterocycles. The number of hydrogen-bond donors (Lipinski definition) is 2. The van der Waals surface area contributed by atoms with Gasteiger partial charge < -0.3 is 11.1 Å². The summed E-state index contributed by atoms with van der Waals surface area (Å²) in [5, 5.41) is 10.8. The maximum atomic E-state index is 13.0. The van der Waals surface area contributed by atoms with Crippen LogP contribution in [0, 0.1) is 23.0 Å². The maximum Gasteiger partial charge on any atom is 0.252 e. The Morgan fingerprint density at radius 3 is 2.57 bits per heavy atom. The minimum absolute atomic E-state index is 0.0998. The van der Waals surface area contributed by atoms with Crippen molar-refractivity contribution in [2.75, 3.05) is 0 Å². The number of nitriles is 1. The number of nitrogens with two attached hydrogens (primary N) is 1. The first kappa shape index (κ1) is 16.6. The van der Waals surface area contributed by atoms with Crippen molar-refractivity contribution in [1.29, 1.82) is 5.26 Å². The zero-order valence-corrected chi connectivity index (χ0v) is 11.2. The smallest absolute Gasteiger partial charge is 0.252 e.